The van der Waals surface area contributed by atoms with Crippen LogP contribution in [-0.2, 0) is 0 Å². The molecule has 0 saturated carbocycles. The molecule has 1 aromatic carbocycles. The highest BCUT2D eigenvalue weighted by molar-refractivity contribution is 5.95. The number of carboxylic acid groups (broad SMARTS) is 1. The lowest BCUT2D eigenvalue weighted by Crippen LogP contribution is -2.29. The van der Waals surface area contributed by atoms with Crippen molar-refractivity contribution in [2.45, 2.75) is 26.3 Å². The summed E-state index contributed by atoms with van der Waals surface area (Å²) in [4.78, 5) is 13.0. The molecule has 0 bridgehead atoms. The number of hydrogen-bond acceptors (Lipinski definition) is 3. The van der Waals surface area contributed by atoms with E-state index in [1.54, 1.807) is 18.2 Å². The summed E-state index contributed by atoms with van der Waals surface area (Å²) in [6, 6.07) is 5.14. The quantitative estimate of drug-likeness (QED) is 0.766. The normalized spacial score (nSPS) is 12.2. The van der Waals surface area contributed by atoms with Crippen molar-refractivity contribution in [3.05, 3.63) is 23.8 Å². The average molecular weight is 222 g/mol. The van der Waals surface area contributed by atoms with Crippen LogP contribution in [0, 0.1) is 0 Å². The first-order chi connectivity index (χ1) is 7.47. The predicted molar refractivity (Wildman–Crippen MR) is 66.0 cm³/mol. The van der Waals surface area contributed by atoms with E-state index in [4.69, 9.17) is 10.8 Å². The van der Waals surface area contributed by atoms with E-state index in [2.05, 4.69) is 13.8 Å². The minimum atomic E-state index is -0.926. The van der Waals surface area contributed by atoms with E-state index < -0.39 is 5.97 Å². The van der Waals surface area contributed by atoms with Crippen molar-refractivity contribution in [1.29, 1.82) is 0 Å². The van der Waals surface area contributed by atoms with Crippen LogP contribution >= 0.6 is 0 Å². The number of nitrogens with two attached hydrogens (primary N) is 1. The van der Waals surface area contributed by atoms with Gasteiger partial charge in [-0.15, -0.1) is 0 Å². The number of nitrogen functional groups attached to an aromatic ring is 1. The van der Waals surface area contributed by atoms with Crippen molar-refractivity contribution in [1.82, 2.24) is 0 Å². The molecule has 0 heterocycles. The molecular formula is C12H18N2O2. The van der Waals surface area contributed by atoms with Gasteiger partial charge in [-0.3, -0.25) is 0 Å². The van der Waals surface area contributed by atoms with Gasteiger partial charge in [0.05, 0.1) is 11.3 Å². The third kappa shape index (κ3) is 2.45. The molecule has 4 nitrogen and oxygen atoms in total. The zero-order chi connectivity index (χ0) is 12.3. The van der Waals surface area contributed by atoms with Gasteiger partial charge >= 0.3 is 5.97 Å². The molecule has 0 fully saturated rings. The van der Waals surface area contributed by atoms with Crippen molar-refractivity contribution in [2.75, 3.05) is 17.7 Å². The molecule has 3 N–H and O–H groups in total. The van der Waals surface area contributed by atoms with Crippen LogP contribution in [0.2, 0.25) is 0 Å². The molecule has 1 rings (SSSR count). The zero-order valence-electron chi connectivity index (χ0n) is 9.90. The van der Waals surface area contributed by atoms with Crippen LogP contribution in [0.5, 0.6) is 0 Å². The van der Waals surface area contributed by atoms with Crippen LogP contribution in [0.3, 0.4) is 0 Å². The van der Waals surface area contributed by atoms with Crippen LogP contribution in [0.4, 0.5) is 11.4 Å². The number of carboxylic acids is 1. The molecule has 1 unspecified atom stereocenters. The Kier molecular flexibility index (Phi) is 3.77. The number of nitrogens with zero attached hydrogens (tertiary/aromatic N) is 1. The number of aromatic carboxylic acids is 1. The van der Waals surface area contributed by atoms with E-state index in [-0.39, 0.29) is 11.6 Å². The highest BCUT2D eigenvalue weighted by Crippen LogP contribution is 2.25. The van der Waals surface area contributed by atoms with Gasteiger partial charge < -0.3 is 15.7 Å². The van der Waals surface area contributed by atoms with E-state index in [0.29, 0.717) is 11.4 Å². The lowest BCUT2D eigenvalue weighted by molar-refractivity contribution is 0.0697. The van der Waals surface area contributed by atoms with Gasteiger partial charge in [-0.1, -0.05) is 6.92 Å². The Hall–Kier alpha value is -1.71. The molecule has 4 heteroatoms. The summed E-state index contributed by atoms with van der Waals surface area (Å²) in [6.07, 6.45) is 0.949. The van der Waals surface area contributed by atoms with Gasteiger partial charge in [-0.25, -0.2) is 4.79 Å². The second-order valence-corrected chi connectivity index (χ2v) is 3.95. The molecule has 0 aliphatic carbocycles. The summed E-state index contributed by atoms with van der Waals surface area (Å²) >= 11 is 0. The molecular weight excluding hydrogens is 204 g/mol. The van der Waals surface area contributed by atoms with Crippen molar-refractivity contribution in [3.63, 3.8) is 0 Å². The fourth-order valence-electron chi connectivity index (χ4n) is 1.53. The van der Waals surface area contributed by atoms with Crippen LogP contribution < -0.4 is 10.6 Å². The van der Waals surface area contributed by atoms with E-state index in [1.165, 1.54) is 0 Å². The van der Waals surface area contributed by atoms with E-state index >= 15 is 0 Å². The van der Waals surface area contributed by atoms with Crippen molar-refractivity contribution in [3.8, 4) is 0 Å². The highest BCUT2D eigenvalue weighted by Gasteiger charge is 2.16. The highest BCUT2D eigenvalue weighted by atomic mass is 16.4. The Balaban J connectivity index is 3.19. The first-order valence-corrected chi connectivity index (χ1v) is 5.33. The fourth-order valence-corrected chi connectivity index (χ4v) is 1.53. The summed E-state index contributed by atoms with van der Waals surface area (Å²) in [5.74, 6) is -0.926. The minimum absolute atomic E-state index is 0.278. The van der Waals surface area contributed by atoms with Gasteiger partial charge in [0.2, 0.25) is 0 Å². The lowest BCUT2D eigenvalue weighted by Gasteiger charge is -2.27. The molecule has 0 aliphatic rings. The summed E-state index contributed by atoms with van der Waals surface area (Å²) in [5, 5.41) is 9.09. The summed E-state index contributed by atoms with van der Waals surface area (Å²) in [7, 11) is 1.88. The number of carbonyl (C=O) groups is 1. The Bertz CT molecular complexity index is 391. The molecule has 0 amide bonds. The monoisotopic (exact) mass is 222 g/mol. The second-order valence-electron chi connectivity index (χ2n) is 3.95. The predicted octanol–water partition coefficient (Wildman–Crippen LogP) is 2.20. The maximum absolute atomic E-state index is 11.1. The minimum Gasteiger partial charge on any atom is -0.478 e. The van der Waals surface area contributed by atoms with Crippen molar-refractivity contribution < 1.29 is 9.90 Å². The number of benzene rings is 1. The number of rotatable bonds is 4. The molecule has 0 spiro atoms. The molecule has 0 aromatic heterocycles. The van der Waals surface area contributed by atoms with Gasteiger partial charge in [-0.2, -0.15) is 0 Å². The Morgan fingerprint density at radius 2 is 2.19 bits per heavy atom. The fraction of sp³-hybridized carbons (Fsp3) is 0.417. The van der Waals surface area contributed by atoms with Crippen molar-refractivity contribution in [2.24, 2.45) is 0 Å². The topological polar surface area (TPSA) is 66.6 Å². The molecule has 1 atom stereocenters. The summed E-state index contributed by atoms with van der Waals surface area (Å²) in [6.45, 7) is 4.11. The Morgan fingerprint density at radius 1 is 1.56 bits per heavy atom. The zero-order valence-corrected chi connectivity index (χ0v) is 9.90. The van der Waals surface area contributed by atoms with Crippen molar-refractivity contribution >= 4 is 17.3 Å². The first kappa shape index (κ1) is 12.4. The van der Waals surface area contributed by atoms with Crippen LogP contribution in [-0.4, -0.2) is 24.2 Å². The van der Waals surface area contributed by atoms with E-state index in [9.17, 15) is 4.79 Å². The van der Waals surface area contributed by atoms with Gasteiger partial charge in [0.1, 0.15) is 0 Å². The largest absolute Gasteiger partial charge is 0.478 e. The Labute approximate surface area is 95.7 Å². The van der Waals surface area contributed by atoms with E-state index in [0.717, 1.165) is 6.42 Å². The maximum atomic E-state index is 11.1. The molecule has 1 aromatic rings. The standard InChI is InChI=1S/C12H18N2O2/c1-4-8(2)14(3)11-7-9(13)5-6-10(11)12(15)16/h5-8H,4,13H2,1-3H3,(H,15,16). The second kappa shape index (κ2) is 4.88. The smallest absolute Gasteiger partial charge is 0.337 e. The summed E-state index contributed by atoms with van der Waals surface area (Å²) in [5.41, 5.74) is 7.22. The van der Waals surface area contributed by atoms with Gasteiger partial charge in [0, 0.05) is 18.8 Å². The van der Waals surface area contributed by atoms with Crippen LogP contribution in [0.25, 0.3) is 0 Å². The van der Waals surface area contributed by atoms with E-state index in [1.807, 2.05) is 11.9 Å². The van der Waals surface area contributed by atoms with Gasteiger partial charge in [-0.05, 0) is 31.5 Å². The third-order valence-electron chi connectivity index (χ3n) is 2.88. The number of hydrogen-bond donors (Lipinski definition) is 2. The molecule has 0 saturated heterocycles. The van der Waals surface area contributed by atoms with Gasteiger partial charge in [0.15, 0.2) is 0 Å². The molecule has 16 heavy (non-hydrogen) atoms. The Morgan fingerprint density at radius 3 is 2.69 bits per heavy atom. The average Bonchev–Trinajstić information content (AvgIpc) is 2.26. The maximum Gasteiger partial charge on any atom is 0.337 e. The first-order valence-electron chi connectivity index (χ1n) is 5.33. The molecule has 0 aliphatic heterocycles. The molecule has 0 radical (unpaired) electrons. The SMILES string of the molecule is CCC(C)N(C)c1cc(N)ccc1C(=O)O. The van der Waals surface area contributed by atoms with Crippen LogP contribution in [0.1, 0.15) is 30.6 Å². The number of anilines is 2. The molecule has 88 valence electrons. The van der Waals surface area contributed by atoms with Crippen LogP contribution in [0.15, 0.2) is 18.2 Å². The van der Waals surface area contributed by atoms with Gasteiger partial charge in [0.25, 0.3) is 0 Å². The lowest BCUT2D eigenvalue weighted by atomic mass is 10.1. The third-order valence-corrected chi connectivity index (χ3v) is 2.88. The summed E-state index contributed by atoms with van der Waals surface area (Å²) < 4.78 is 0.